The van der Waals surface area contributed by atoms with E-state index in [1.165, 1.54) is 24.3 Å². The van der Waals surface area contributed by atoms with Crippen LogP contribution in [0.2, 0.25) is 0 Å². The van der Waals surface area contributed by atoms with Crippen molar-refractivity contribution < 1.29 is 19.1 Å². The van der Waals surface area contributed by atoms with Crippen LogP contribution in [0.4, 0.5) is 4.39 Å². The molecule has 0 aliphatic carbocycles. The highest BCUT2D eigenvalue weighted by molar-refractivity contribution is 6.46. The maximum atomic E-state index is 13.4. The van der Waals surface area contributed by atoms with Crippen LogP contribution in [0.25, 0.3) is 5.76 Å². The quantitative estimate of drug-likeness (QED) is 0.253. The molecule has 6 heteroatoms. The number of rotatable bonds is 12. The molecule has 34 heavy (non-hydrogen) atoms. The summed E-state index contributed by atoms with van der Waals surface area (Å²) in [5.41, 5.74) is 1.13. The van der Waals surface area contributed by atoms with Gasteiger partial charge in [-0.25, -0.2) is 4.39 Å². The van der Waals surface area contributed by atoms with Crippen molar-refractivity contribution in [2.45, 2.75) is 52.0 Å². The van der Waals surface area contributed by atoms with E-state index in [-0.39, 0.29) is 11.3 Å². The van der Waals surface area contributed by atoms with Crippen LogP contribution in [0.3, 0.4) is 0 Å². The summed E-state index contributed by atoms with van der Waals surface area (Å²) in [6, 6.07) is 13.9. The Morgan fingerprint density at radius 1 is 0.912 bits per heavy atom. The Hall–Kier alpha value is -2.99. The van der Waals surface area contributed by atoms with Crippen LogP contribution in [0.5, 0.6) is 0 Å². The topological polar surface area (TPSA) is 60.9 Å². The molecule has 1 atom stereocenters. The number of unbranched alkanes of at least 4 members (excludes halogenated alkanes) is 2. The zero-order chi connectivity index (χ0) is 24.5. The molecule has 0 spiro atoms. The summed E-state index contributed by atoms with van der Waals surface area (Å²) in [4.78, 5) is 30.1. The summed E-state index contributed by atoms with van der Waals surface area (Å²) in [5.74, 6) is -2.02. The van der Waals surface area contributed by atoms with Crippen LogP contribution in [0.1, 0.15) is 63.1 Å². The van der Waals surface area contributed by atoms with E-state index in [4.69, 9.17) is 0 Å². The van der Waals surface area contributed by atoms with E-state index < -0.39 is 23.5 Å². The van der Waals surface area contributed by atoms with Gasteiger partial charge < -0.3 is 14.9 Å². The Labute approximate surface area is 201 Å². The number of amides is 1. The van der Waals surface area contributed by atoms with Gasteiger partial charge in [0.25, 0.3) is 11.7 Å². The molecule has 182 valence electrons. The molecule has 1 N–H and O–H groups in total. The maximum Gasteiger partial charge on any atom is 0.295 e. The molecule has 1 aliphatic heterocycles. The number of nitrogens with zero attached hydrogens (tertiary/aromatic N) is 2. The zero-order valence-corrected chi connectivity index (χ0v) is 20.2. The van der Waals surface area contributed by atoms with Crippen LogP contribution < -0.4 is 0 Å². The molecule has 0 saturated carbocycles. The van der Waals surface area contributed by atoms with Crippen molar-refractivity contribution in [2.75, 3.05) is 26.2 Å². The lowest BCUT2D eigenvalue weighted by atomic mass is 9.95. The first-order chi connectivity index (χ1) is 16.5. The molecule has 0 aromatic heterocycles. The van der Waals surface area contributed by atoms with Gasteiger partial charge in [-0.2, -0.15) is 0 Å². The van der Waals surface area contributed by atoms with Crippen molar-refractivity contribution in [1.29, 1.82) is 0 Å². The van der Waals surface area contributed by atoms with Gasteiger partial charge in [-0.15, -0.1) is 0 Å². The minimum Gasteiger partial charge on any atom is -0.507 e. The van der Waals surface area contributed by atoms with Gasteiger partial charge in [0.15, 0.2) is 0 Å². The van der Waals surface area contributed by atoms with Crippen molar-refractivity contribution in [3.05, 3.63) is 77.1 Å². The van der Waals surface area contributed by atoms with Crippen LogP contribution >= 0.6 is 0 Å². The van der Waals surface area contributed by atoms with Crippen molar-refractivity contribution >= 4 is 17.4 Å². The first-order valence-electron chi connectivity index (χ1n) is 12.3. The third kappa shape index (κ3) is 6.11. The summed E-state index contributed by atoms with van der Waals surface area (Å²) in [6.45, 7) is 7.68. The number of hydrogen-bond donors (Lipinski definition) is 1. The number of halogens is 1. The number of benzene rings is 2. The Balaban J connectivity index is 1.87. The van der Waals surface area contributed by atoms with E-state index in [2.05, 4.69) is 18.7 Å². The fourth-order valence-corrected chi connectivity index (χ4v) is 4.42. The molecular formula is C28H35FN2O3. The summed E-state index contributed by atoms with van der Waals surface area (Å²) in [7, 11) is 0. The van der Waals surface area contributed by atoms with Gasteiger partial charge in [0.2, 0.25) is 0 Å². The van der Waals surface area contributed by atoms with Crippen LogP contribution in [0, 0.1) is 5.82 Å². The van der Waals surface area contributed by atoms with Crippen molar-refractivity contribution in [3.63, 3.8) is 0 Å². The van der Waals surface area contributed by atoms with Gasteiger partial charge in [-0.3, -0.25) is 9.59 Å². The van der Waals surface area contributed by atoms with E-state index >= 15 is 0 Å². The molecule has 1 saturated heterocycles. The first-order valence-corrected chi connectivity index (χ1v) is 12.3. The number of carbonyl (C=O) groups excluding carboxylic acids is 2. The molecule has 1 heterocycles. The number of hydrogen-bond acceptors (Lipinski definition) is 4. The molecule has 0 unspecified atom stereocenters. The lowest BCUT2D eigenvalue weighted by Crippen LogP contribution is -2.34. The van der Waals surface area contributed by atoms with Crippen LogP contribution in [-0.2, 0) is 9.59 Å². The standard InChI is InChI=1S/C28H35FN2O3/c1-3-5-17-30(18-6-4-2)19-10-20-31-25(21-11-8-7-9-12-21)24(27(33)28(31)34)26(32)22-13-15-23(29)16-14-22/h7-9,11-16,25,32H,3-6,10,17-20H2,1-2H3/t25-/m0/s1. The second-order valence-corrected chi connectivity index (χ2v) is 8.81. The number of Topliss-reactive ketones (excluding diaryl/α,β-unsaturated/α-hetero) is 1. The highest BCUT2D eigenvalue weighted by Crippen LogP contribution is 2.39. The Bertz CT molecular complexity index is 980. The fraction of sp³-hybridized carbons (Fsp3) is 0.429. The molecule has 0 bridgehead atoms. The average molecular weight is 467 g/mol. The third-order valence-electron chi connectivity index (χ3n) is 6.30. The van der Waals surface area contributed by atoms with E-state index in [9.17, 15) is 19.1 Å². The van der Waals surface area contributed by atoms with Gasteiger partial charge in [-0.1, -0.05) is 57.0 Å². The van der Waals surface area contributed by atoms with Gasteiger partial charge in [0.05, 0.1) is 11.6 Å². The molecule has 5 nitrogen and oxygen atoms in total. The minimum atomic E-state index is -0.704. The molecule has 1 fully saturated rings. The van der Waals surface area contributed by atoms with Gasteiger partial charge in [0, 0.05) is 12.1 Å². The van der Waals surface area contributed by atoms with Gasteiger partial charge in [0.1, 0.15) is 11.6 Å². The third-order valence-corrected chi connectivity index (χ3v) is 6.30. The summed E-state index contributed by atoms with van der Waals surface area (Å²) in [5, 5.41) is 11.0. The van der Waals surface area contributed by atoms with Gasteiger partial charge >= 0.3 is 0 Å². The first kappa shape index (κ1) is 25.6. The molecule has 2 aromatic rings. The van der Waals surface area contributed by atoms with Gasteiger partial charge in [-0.05, 0) is 68.7 Å². The monoisotopic (exact) mass is 466 g/mol. The SMILES string of the molecule is CCCCN(CCCC)CCCN1C(=O)C(=O)C(=C(O)c2ccc(F)cc2)[C@@H]1c1ccccc1. The molecule has 3 rings (SSSR count). The van der Waals surface area contributed by atoms with Crippen molar-refractivity contribution in [1.82, 2.24) is 9.80 Å². The molecule has 2 aromatic carbocycles. The lowest BCUT2D eigenvalue weighted by Gasteiger charge is -2.27. The minimum absolute atomic E-state index is 0.0524. The zero-order valence-electron chi connectivity index (χ0n) is 20.2. The lowest BCUT2D eigenvalue weighted by molar-refractivity contribution is -0.140. The fourth-order valence-electron chi connectivity index (χ4n) is 4.42. The average Bonchev–Trinajstić information content (AvgIpc) is 3.11. The summed E-state index contributed by atoms with van der Waals surface area (Å²) in [6.07, 6.45) is 5.27. The van der Waals surface area contributed by atoms with E-state index in [1.54, 1.807) is 4.90 Å². The molecule has 1 aliphatic rings. The van der Waals surface area contributed by atoms with Crippen molar-refractivity contribution in [2.24, 2.45) is 0 Å². The smallest absolute Gasteiger partial charge is 0.295 e. The van der Waals surface area contributed by atoms with E-state index in [0.29, 0.717) is 12.1 Å². The molecule has 1 amide bonds. The molecular weight excluding hydrogens is 431 g/mol. The Morgan fingerprint density at radius 2 is 1.50 bits per heavy atom. The largest absolute Gasteiger partial charge is 0.507 e. The number of aliphatic hydroxyl groups excluding tert-OH is 1. The number of aliphatic hydroxyl groups is 1. The van der Waals surface area contributed by atoms with Crippen LogP contribution in [-0.4, -0.2) is 52.8 Å². The predicted octanol–water partition coefficient (Wildman–Crippen LogP) is 5.54. The predicted molar refractivity (Wildman–Crippen MR) is 133 cm³/mol. The van der Waals surface area contributed by atoms with Crippen molar-refractivity contribution in [3.8, 4) is 0 Å². The van der Waals surface area contributed by atoms with E-state index in [0.717, 1.165) is 57.3 Å². The molecule has 0 radical (unpaired) electrons. The maximum absolute atomic E-state index is 13.4. The number of carbonyl (C=O) groups is 2. The second-order valence-electron chi connectivity index (χ2n) is 8.81. The summed E-state index contributed by atoms with van der Waals surface area (Å²) < 4.78 is 13.4. The van der Waals surface area contributed by atoms with Crippen LogP contribution in [0.15, 0.2) is 60.2 Å². The second kappa shape index (κ2) is 12.5. The normalized spacial score (nSPS) is 17.6. The van der Waals surface area contributed by atoms with E-state index in [1.807, 2.05) is 30.3 Å². The highest BCUT2D eigenvalue weighted by Gasteiger charge is 2.45. The highest BCUT2D eigenvalue weighted by atomic mass is 19.1. The number of likely N-dealkylation sites (tertiary alicyclic amines) is 1. The number of ketones is 1. The summed E-state index contributed by atoms with van der Waals surface area (Å²) >= 11 is 0. The Morgan fingerprint density at radius 3 is 2.09 bits per heavy atom. The Kier molecular flexibility index (Phi) is 9.40.